The van der Waals surface area contributed by atoms with Crippen LogP contribution in [0.5, 0.6) is 0 Å². The molecule has 3 aliphatic rings. The van der Waals surface area contributed by atoms with Crippen molar-refractivity contribution in [1.82, 2.24) is 29.3 Å². The van der Waals surface area contributed by atoms with Gasteiger partial charge >= 0.3 is 0 Å². The number of aromatic nitrogens is 5. The molecule has 3 fully saturated rings. The van der Waals surface area contributed by atoms with E-state index in [0.29, 0.717) is 17.9 Å². The summed E-state index contributed by atoms with van der Waals surface area (Å²) in [6.45, 7) is 3.06. The number of aryl methyl sites for hydroxylation is 1. The van der Waals surface area contributed by atoms with Crippen molar-refractivity contribution >= 4 is 17.2 Å². The normalized spacial score (nSPS) is 22.3. The molecular formula is C32H36N8O. The predicted octanol–water partition coefficient (Wildman–Crippen LogP) is 4.92. The van der Waals surface area contributed by atoms with E-state index in [1.54, 1.807) is 15.4 Å². The molecule has 4 aromatic heterocycles. The Morgan fingerprint density at radius 1 is 0.976 bits per heavy atom. The average Bonchev–Trinajstić information content (AvgIpc) is 3.80. The van der Waals surface area contributed by atoms with Crippen molar-refractivity contribution in [3.8, 4) is 28.3 Å². The van der Waals surface area contributed by atoms with Crippen LogP contribution in [0.15, 0.2) is 49.2 Å². The molecule has 2 atom stereocenters. The summed E-state index contributed by atoms with van der Waals surface area (Å²) in [7, 11) is 1.89. The first-order chi connectivity index (χ1) is 20.1. The summed E-state index contributed by atoms with van der Waals surface area (Å²) < 4.78 is 3.53. The first kappa shape index (κ1) is 25.8. The molecule has 1 aliphatic heterocycles. The lowest BCUT2D eigenvalue weighted by Crippen LogP contribution is -2.49. The molecule has 9 nitrogen and oxygen atoms in total. The summed E-state index contributed by atoms with van der Waals surface area (Å²) >= 11 is 0. The van der Waals surface area contributed by atoms with E-state index in [2.05, 4.69) is 33.3 Å². The molecular weight excluding hydrogens is 512 g/mol. The van der Waals surface area contributed by atoms with E-state index in [1.807, 2.05) is 42.8 Å². The molecule has 0 bridgehead atoms. The van der Waals surface area contributed by atoms with Crippen LogP contribution in [-0.2, 0) is 11.8 Å². The van der Waals surface area contributed by atoms with Crippen molar-refractivity contribution in [3.05, 3.63) is 54.7 Å². The molecule has 9 heteroatoms. The minimum atomic E-state index is 0.316. The first-order valence-electron chi connectivity index (χ1n) is 15.0. The zero-order chi connectivity index (χ0) is 27.9. The Labute approximate surface area is 240 Å². The molecule has 2 aliphatic carbocycles. The lowest BCUT2D eigenvalue weighted by atomic mass is 9.97. The Morgan fingerprint density at radius 3 is 2.46 bits per heavy atom. The van der Waals surface area contributed by atoms with Crippen LogP contribution in [0.1, 0.15) is 50.5 Å². The zero-order valence-electron chi connectivity index (χ0n) is 23.6. The quantitative estimate of drug-likeness (QED) is 0.339. The number of fused-ring (bicyclic) bond motifs is 2. The van der Waals surface area contributed by atoms with Gasteiger partial charge in [0.2, 0.25) is 5.91 Å². The van der Waals surface area contributed by atoms with E-state index in [9.17, 15) is 10.1 Å². The SMILES string of the molecule is Cn1cc(-c2cc(-c3ccc(N4CCN(C(=O)CCC5CC6CCCC6C5)CC4)nc3)c3c(C#N)cnn3c2)cn1. The number of nitrogens with zero attached hydrogens (tertiary/aromatic N) is 8. The molecule has 0 aromatic carbocycles. The lowest BCUT2D eigenvalue weighted by Gasteiger charge is -2.35. The van der Waals surface area contributed by atoms with E-state index in [-0.39, 0.29) is 0 Å². The van der Waals surface area contributed by atoms with Gasteiger partial charge in [0.25, 0.3) is 0 Å². The van der Waals surface area contributed by atoms with Crippen LogP contribution in [0.3, 0.4) is 0 Å². The van der Waals surface area contributed by atoms with Gasteiger partial charge in [0.15, 0.2) is 0 Å². The van der Waals surface area contributed by atoms with Crippen molar-refractivity contribution in [2.45, 2.75) is 44.9 Å². The fraction of sp³-hybridized carbons (Fsp3) is 0.469. The highest BCUT2D eigenvalue weighted by Crippen LogP contribution is 2.48. The van der Waals surface area contributed by atoms with Gasteiger partial charge in [-0.25, -0.2) is 9.50 Å². The van der Waals surface area contributed by atoms with Crippen molar-refractivity contribution in [1.29, 1.82) is 5.26 Å². The fourth-order valence-electron chi connectivity index (χ4n) is 7.48. The van der Waals surface area contributed by atoms with Crippen molar-refractivity contribution < 1.29 is 4.79 Å². The highest BCUT2D eigenvalue weighted by molar-refractivity contribution is 5.87. The van der Waals surface area contributed by atoms with Crippen LogP contribution in [0.2, 0.25) is 0 Å². The molecule has 1 saturated heterocycles. The largest absolute Gasteiger partial charge is 0.353 e. The third-order valence-corrected chi connectivity index (χ3v) is 9.64. The van der Waals surface area contributed by atoms with Crippen LogP contribution < -0.4 is 4.90 Å². The highest BCUT2D eigenvalue weighted by atomic mass is 16.2. The highest BCUT2D eigenvalue weighted by Gasteiger charge is 2.37. The minimum absolute atomic E-state index is 0.316. The molecule has 7 rings (SSSR count). The van der Waals surface area contributed by atoms with E-state index >= 15 is 0 Å². The number of nitriles is 1. The Balaban J connectivity index is 1.02. The van der Waals surface area contributed by atoms with Gasteiger partial charge in [0.05, 0.1) is 23.5 Å². The maximum Gasteiger partial charge on any atom is 0.222 e. The van der Waals surface area contributed by atoms with Crippen LogP contribution >= 0.6 is 0 Å². The van der Waals surface area contributed by atoms with Crippen LogP contribution in [0.4, 0.5) is 5.82 Å². The second kappa shape index (κ2) is 10.7. The summed E-state index contributed by atoms with van der Waals surface area (Å²) in [5.74, 6) is 3.88. The standard InChI is InChI=1S/C32H36N8O/c1-37-20-28(19-35-37)26-15-29(32-27(16-33)18-36-40(32)21-26)25-6-7-30(34-17-25)38-9-11-39(12-10-38)31(41)8-5-22-13-23-3-2-4-24(23)14-22/h6-7,15,17-24H,2-5,8-14H2,1H3. The van der Waals surface area contributed by atoms with E-state index in [1.165, 1.54) is 32.1 Å². The Kier molecular flexibility index (Phi) is 6.69. The van der Waals surface area contributed by atoms with E-state index in [4.69, 9.17) is 4.98 Å². The van der Waals surface area contributed by atoms with Gasteiger partial charge in [-0.05, 0) is 55.2 Å². The van der Waals surface area contributed by atoms with Crippen molar-refractivity contribution in [3.63, 3.8) is 0 Å². The summed E-state index contributed by atoms with van der Waals surface area (Å²) in [4.78, 5) is 22.1. The first-order valence-corrected chi connectivity index (χ1v) is 15.0. The molecule has 0 radical (unpaired) electrons. The summed E-state index contributed by atoms with van der Waals surface area (Å²) in [5, 5.41) is 18.5. The number of piperazine rings is 1. The smallest absolute Gasteiger partial charge is 0.222 e. The van der Waals surface area contributed by atoms with E-state index < -0.39 is 0 Å². The number of anilines is 1. The van der Waals surface area contributed by atoms with Crippen LogP contribution in [-0.4, -0.2) is 61.4 Å². The molecule has 0 N–H and O–H groups in total. The number of hydrogen-bond acceptors (Lipinski definition) is 6. The summed E-state index contributed by atoms with van der Waals surface area (Å²) in [6.07, 6.45) is 17.9. The minimum Gasteiger partial charge on any atom is -0.353 e. The van der Waals surface area contributed by atoms with Gasteiger partial charge in [-0.2, -0.15) is 15.5 Å². The molecule has 5 heterocycles. The summed E-state index contributed by atoms with van der Waals surface area (Å²) in [5.41, 5.74) is 5.06. The monoisotopic (exact) mass is 548 g/mol. The number of carbonyl (C=O) groups is 1. The maximum absolute atomic E-state index is 13.0. The predicted molar refractivity (Wildman–Crippen MR) is 157 cm³/mol. The third-order valence-electron chi connectivity index (χ3n) is 9.64. The molecule has 2 saturated carbocycles. The second-order valence-corrected chi connectivity index (χ2v) is 12.1. The zero-order valence-corrected chi connectivity index (χ0v) is 23.6. The van der Waals surface area contributed by atoms with Gasteiger partial charge in [0.1, 0.15) is 11.9 Å². The van der Waals surface area contributed by atoms with Crippen LogP contribution in [0.25, 0.3) is 27.8 Å². The number of carbonyl (C=O) groups excluding carboxylic acids is 1. The third kappa shape index (κ3) is 4.96. The number of pyridine rings is 2. The number of rotatable bonds is 6. The van der Waals surface area contributed by atoms with Gasteiger partial charge in [-0.1, -0.05) is 19.3 Å². The fourth-order valence-corrected chi connectivity index (χ4v) is 7.48. The van der Waals surface area contributed by atoms with Gasteiger partial charge in [-0.15, -0.1) is 0 Å². The van der Waals surface area contributed by atoms with Gasteiger partial charge < -0.3 is 9.80 Å². The second-order valence-electron chi connectivity index (χ2n) is 12.1. The molecule has 4 aromatic rings. The molecule has 1 amide bonds. The van der Waals surface area contributed by atoms with Gasteiger partial charge in [0, 0.05) is 80.5 Å². The van der Waals surface area contributed by atoms with E-state index in [0.717, 1.165) is 83.9 Å². The molecule has 210 valence electrons. The molecule has 41 heavy (non-hydrogen) atoms. The lowest BCUT2D eigenvalue weighted by molar-refractivity contribution is -0.131. The maximum atomic E-state index is 13.0. The molecule has 2 unspecified atom stereocenters. The summed E-state index contributed by atoms with van der Waals surface area (Å²) in [6, 6.07) is 8.45. The van der Waals surface area contributed by atoms with Crippen molar-refractivity contribution in [2.24, 2.45) is 24.8 Å². The Hall–Kier alpha value is -4.19. The van der Waals surface area contributed by atoms with Gasteiger partial charge in [-0.3, -0.25) is 9.48 Å². The Bertz CT molecular complexity index is 1590. The van der Waals surface area contributed by atoms with Crippen LogP contribution in [0, 0.1) is 29.1 Å². The topological polar surface area (TPSA) is 95.3 Å². The average molecular weight is 549 g/mol. The number of hydrogen-bond donors (Lipinski definition) is 0. The Morgan fingerprint density at radius 2 is 1.78 bits per heavy atom. The number of amides is 1. The van der Waals surface area contributed by atoms with Crippen molar-refractivity contribution in [2.75, 3.05) is 31.1 Å². The molecule has 0 spiro atoms.